The molecular formula is C31H22Cl5F9N2O2. The summed E-state index contributed by atoms with van der Waals surface area (Å²) in [6.07, 6.45) is -14.3. The van der Waals surface area contributed by atoms with E-state index in [0.717, 1.165) is 6.07 Å². The average molecular weight is 803 g/mol. The van der Waals surface area contributed by atoms with E-state index in [0.29, 0.717) is 5.56 Å². The van der Waals surface area contributed by atoms with Crippen LogP contribution in [0.2, 0.25) is 15.1 Å². The van der Waals surface area contributed by atoms with Crippen LogP contribution in [0.3, 0.4) is 0 Å². The standard InChI is InChI=1S/C31H22Cl5F9N2O2/c1-3-13-7-16(28(37,30(40,41)42)29(38,39)31(43,44)45)8-14(4-2)24(13)47-25(48)20-12-19(5-6-21(20)34)46-26(49)23-22(27(23,35)36)15-9-17(32)11-18(33)10-15/h5-12,22-23H,3-4H2,1-2H3,(H,46,49)(H,47,48). The highest BCUT2D eigenvalue weighted by atomic mass is 35.5. The molecule has 2 amide bonds. The van der Waals surface area contributed by atoms with Crippen LogP contribution < -0.4 is 10.6 Å². The molecule has 0 radical (unpaired) electrons. The van der Waals surface area contributed by atoms with Crippen molar-refractivity contribution in [3.63, 3.8) is 0 Å². The summed E-state index contributed by atoms with van der Waals surface area (Å²) in [7, 11) is 0. The summed E-state index contributed by atoms with van der Waals surface area (Å²) in [4.78, 5) is 26.6. The van der Waals surface area contributed by atoms with E-state index in [1.807, 2.05) is 0 Å². The van der Waals surface area contributed by atoms with Gasteiger partial charge in [-0.2, -0.15) is 35.1 Å². The number of hydrogen-bond acceptors (Lipinski definition) is 2. The monoisotopic (exact) mass is 800 g/mol. The van der Waals surface area contributed by atoms with Gasteiger partial charge in [-0.3, -0.25) is 9.59 Å². The van der Waals surface area contributed by atoms with Gasteiger partial charge in [0.2, 0.25) is 5.91 Å². The summed E-state index contributed by atoms with van der Waals surface area (Å²) in [5.74, 6) is -10.2. The fourth-order valence-electron chi connectivity index (χ4n) is 5.40. The first-order valence-electron chi connectivity index (χ1n) is 14.0. The third-order valence-corrected chi connectivity index (χ3v) is 9.64. The molecule has 0 saturated heterocycles. The Balaban J connectivity index is 1.65. The van der Waals surface area contributed by atoms with Gasteiger partial charge >= 0.3 is 23.9 Å². The summed E-state index contributed by atoms with van der Waals surface area (Å²) in [6.45, 7) is 2.59. The molecule has 1 aliphatic carbocycles. The molecule has 266 valence electrons. The number of halogens is 14. The van der Waals surface area contributed by atoms with Crippen LogP contribution in [0.15, 0.2) is 48.5 Å². The minimum atomic E-state index is -6.90. The Morgan fingerprint density at radius 2 is 1.29 bits per heavy atom. The van der Waals surface area contributed by atoms with Crippen LogP contribution in [0.4, 0.5) is 50.9 Å². The second kappa shape index (κ2) is 13.5. The van der Waals surface area contributed by atoms with Gasteiger partial charge in [-0.05, 0) is 78.1 Å². The largest absolute Gasteiger partial charge is 0.457 e. The molecule has 0 heterocycles. The summed E-state index contributed by atoms with van der Waals surface area (Å²) < 4.78 is 123. The van der Waals surface area contributed by atoms with Gasteiger partial charge < -0.3 is 10.6 Å². The lowest BCUT2D eigenvalue weighted by atomic mass is 9.84. The molecule has 1 saturated carbocycles. The van der Waals surface area contributed by atoms with E-state index in [4.69, 9.17) is 58.0 Å². The van der Waals surface area contributed by atoms with Crippen molar-refractivity contribution >= 4 is 81.2 Å². The van der Waals surface area contributed by atoms with Gasteiger partial charge in [-0.25, -0.2) is 4.39 Å². The fraction of sp³-hybridized carbons (Fsp3) is 0.355. The number of rotatable bonds is 9. The van der Waals surface area contributed by atoms with Crippen LogP contribution in [0, 0.1) is 5.92 Å². The molecule has 3 aromatic rings. The quantitative estimate of drug-likeness (QED) is 0.167. The molecule has 18 heteroatoms. The van der Waals surface area contributed by atoms with Crippen molar-refractivity contribution in [3.8, 4) is 0 Å². The SMILES string of the molecule is CCc1cc(C(F)(C(F)(F)F)C(F)(F)C(F)(F)F)cc(CC)c1NC(=O)c1cc(NC(=O)C2C(c3cc(Cl)cc(Cl)c3)C2(Cl)Cl)ccc1Cl. The number of benzene rings is 3. The molecule has 0 aliphatic heterocycles. The van der Waals surface area contributed by atoms with Gasteiger partial charge in [0.05, 0.1) is 16.5 Å². The number of amides is 2. The number of carbonyl (C=O) groups is 2. The summed E-state index contributed by atoms with van der Waals surface area (Å²) in [6, 6.07) is 8.64. The number of aryl methyl sites for hydroxylation is 2. The van der Waals surface area contributed by atoms with Gasteiger partial charge in [0.25, 0.3) is 5.91 Å². The van der Waals surface area contributed by atoms with Crippen LogP contribution in [-0.4, -0.2) is 34.4 Å². The van der Waals surface area contributed by atoms with Crippen molar-refractivity contribution in [2.75, 3.05) is 10.6 Å². The topological polar surface area (TPSA) is 58.2 Å². The zero-order valence-corrected chi connectivity index (χ0v) is 28.6. The zero-order chi connectivity index (χ0) is 37.1. The lowest BCUT2D eigenvalue weighted by Crippen LogP contribution is -2.59. The van der Waals surface area contributed by atoms with E-state index in [1.165, 1.54) is 44.2 Å². The van der Waals surface area contributed by atoms with E-state index in [9.17, 15) is 44.7 Å². The van der Waals surface area contributed by atoms with Crippen molar-refractivity contribution in [3.05, 3.63) is 91.4 Å². The molecule has 3 atom stereocenters. The fourth-order valence-corrected chi connectivity index (χ4v) is 6.98. The van der Waals surface area contributed by atoms with Crippen LogP contribution in [0.1, 0.15) is 52.4 Å². The van der Waals surface area contributed by atoms with Crippen LogP contribution in [0.25, 0.3) is 0 Å². The molecule has 4 nitrogen and oxygen atoms in total. The van der Waals surface area contributed by atoms with Crippen molar-refractivity contribution in [2.45, 2.75) is 60.9 Å². The Labute approximate surface area is 298 Å². The number of anilines is 2. The van der Waals surface area contributed by atoms with Gasteiger partial charge in [-0.1, -0.05) is 48.7 Å². The van der Waals surface area contributed by atoms with Gasteiger partial charge in [-0.15, -0.1) is 23.2 Å². The number of nitrogens with one attached hydrogen (secondary N) is 2. The van der Waals surface area contributed by atoms with Crippen LogP contribution in [-0.2, 0) is 23.3 Å². The summed E-state index contributed by atoms with van der Waals surface area (Å²) in [5, 5.41) is 5.32. The molecule has 3 unspecified atom stereocenters. The minimum Gasteiger partial charge on any atom is -0.326 e. The number of carbonyl (C=O) groups excluding carboxylic acids is 2. The van der Waals surface area contributed by atoms with Crippen molar-refractivity contribution in [2.24, 2.45) is 5.92 Å². The predicted octanol–water partition coefficient (Wildman–Crippen LogP) is 11.5. The second-order valence-corrected chi connectivity index (χ2v) is 13.8. The van der Waals surface area contributed by atoms with E-state index >= 15 is 4.39 Å². The van der Waals surface area contributed by atoms with Crippen molar-refractivity contribution in [1.29, 1.82) is 0 Å². The van der Waals surface area contributed by atoms with Gasteiger partial charge in [0, 0.05) is 32.9 Å². The maximum atomic E-state index is 15.3. The molecule has 1 fully saturated rings. The second-order valence-electron chi connectivity index (χ2n) is 11.1. The molecule has 0 aromatic heterocycles. The first-order valence-corrected chi connectivity index (χ1v) is 15.9. The lowest BCUT2D eigenvalue weighted by Gasteiger charge is -2.36. The molecule has 0 spiro atoms. The highest BCUT2D eigenvalue weighted by Gasteiger charge is 2.81. The molecular weight excluding hydrogens is 781 g/mol. The zero-order valence-electron chi connectivity index (χ0n) is 24.8. The third kappa shape index (κ3) is 7.15. The van der Waals surface area contributed by atoms with E-state index in [-0.39, 0.29) is 68.1 Å². The maximum absolute atomic E-state index is 15.3. The predicted molar refractivity (Wildman–Crippen MR) is 170 cm³/mol. The first kappa shape index (κ1) is 39.2. The van der Waals surface area contributed by atoms with Gasteiger partial charge in [0.15, 0.2) is 0 Å². The van der Waals surface area contributed by atoms with E-state index in [2.05, 4.69) is 10.6 Å². The Morgan fingerprint density at radius 3 is 1.76 bits per heavy atom. The summed E-state index contributed by atoms with van der Waals surface area (Å²) >= 11 is 31.1. The van der Waals surface area contributed by atoms with E-state index in [1.54, 1.807) is 0 Å². The molecule has 1 aliphatic rings. The van der Waals surface area contributed by atoms with E-state index < -0.39 is 57.5 Å². The molecule has 2 N–H and O–H groups in total. The van der Waals surface area contributed by atoms with Crippen molar-refractivity contribution < 1.29 is 49.1 Å². The van der Waals surface area contributed by atoms with Crippen LogP contribution in [0.5, 0.6) is 0 Å². The normalized spacial score (nSPS) is 18.9. The average Bonchev–Trinajstić information content (AvgIpc) is 3.57. The highest BCUT2D eigenvalue weighted by Crippen LogP contribution is 2.65. The Bertz CT molecular complexity index is 1750. The molecule has 49 heavy (non-hydrogen) atoms. The first-order chi connectivity index (χ1) is 22.4. The lowest BCUT2D eigenvalue weighted by molar-refractivity contribution is -0.389. The Hall–Kier alpha value is -2.58. The molecule has 3 aromatic carbocycles. The Kier molecular flexibility index (Phi) is 10.8. The van der Waals surface area contributed by atoms with Crippen molar-refractivity contribution in [1.82, 2.24) is 0 Å². The van der Waals surface area contributed by atoms with Gasteiger partial charge in [0.1, 0.15) is 4.33 Å². The Morgan fingerprint density at radius 1 is 0.755 bits per heavy atom. The summed E-state index contributed by atoms with van der Waals surface area (Å²) in [5.41, 5.74) is -8.95. The maximum Gasteiger partial charge on any atom is 0.457 e. The van der Waals surface area contributed by atoms with Crippen LogP contribution >= 0.6 is 58.0 Å². The molecule has 0 bridgehead atoms. The minimum absolute atomic E-state index is 0.0296. The number of hydrogen-bond donors (Lipinski definition) is 2. The third-order valence-electron chi connectivity index (χ3n) is 7.94. The highest BCUT2D eigenvalue weighted by molar-refractivity contribution is 6.53. The number of alkyl halides is 11. The smallest absolute Gasteiger partial charge is 0.326 e. The molecule has 4 rings (SSSR count).